The monoisotopic (exact) mass is 202 g/mol. The van der Waals surface area contributed by atoms with Crippen molar-refractivity contribution in [2.24, 2.45) is 5.41 Å². The van der Waals surface area contributed by atoms with Gasteiger partial charge in [-0.05, 0) is 24.7 Å². The van der Waals surface area contributed by atoms with Gasteiger partial charge in [0.2, 0.25) is 0 Å². The molecule has 0 saturated carbocycles. The first-order valence-electron chi connectivity index (χ1n) is 5.17. The van der Waals surface area contributed by atoms with Crippen LogP contribution in [0, 0.1) is 5.41 Å². The average molecular weight is 202 g/mol. The normalized spacial score (nSPS) is 16.4. The molecule has 0 spiro atoms. The first-order valence-corrected chi connectivity index (χ1v) is 5.17. The molecule has 0 bridgehead atoms. The van der Waals surface area contributed by atoms with Crippen molar-refractivity contribution in [3.63, 3.8) is 0 Å². The van der Waals surface area contributed by atoms with Gasteiger partial charge in [0.05, 0.1) is 5.60 Å². The summed E-state index contributed by atoms with van der Waals surface area (Å²) in [6.07, 6.45) is 1.89. The zero-order valence-corrected chi connectivity index (χ0v) is 9.63. The maximum absolute atomic E-state index is 10.3. The number of hydrogen-bond donors (Lipinski definition) is 2. The van der Waals surface area contributed by atoms with Crippen molar-refractivity contribution in [3.8, 4) is 0 Å². The molecule has 14 heavy (non-hydrogen) atoms. The summed E-state index contributed by atoms with van der Waals surface area (Å²) >= 11 is 0. The second-order valence-electron chi connectivity index (χ2n) is 4.88. The Kier molecular flexibility index (Phi) is 4.59. The third kappa shape index (κ3) is 3.66. The molecule has 0 rings (SSSR count). The van der Waals surface area contributed by atoms with Gasteiger partial charge in [0, 0.05) is 6.42 Å². The van der Waals surface area contributed by atoms with E-state index in [4.69, 9.17) is 5.11 Å². The largest absolute Gasteiger partial charge is 0.481 e. The van der Waals surface area contributed by atoms with E-state index >= 15 is 0 Å². The van der Waals surface area contributed by atoms with Gasteiger partial charge in [-0.1, -0.05) is 27.7 Å². The summed E-state index contributed by atoms with van der Waals surface area (Å²) in [7, 11) is 0. The third-order valence-electron chi connectivity index (χ3n) is 2.96. The fourth-order valence-corrected chi connectivity index (χ4v) is 1.61. The average Bonchev–Trinajstić information content (AvgIpc) is 2.01. The molecule has 0 heterocycles. The molecule has 0 saturated heterocycles. The van der Waals surface area contributed by atoms with E-state index in [0.29, 0.717) is 19.3 Å². The van der Waals surface area contributed by atoms with E-state index in [0.717, 1.165) is 0 Å². The van der Waals surface area contributed by atoms with Crippen LogP contribution in [0.15, 0.2) is 0 Å². The highest BCUT2D eigenvalue weighted by Crippen LogP contribution is 2.37. The van der Waals surface area contributed by atoms with Gasteiger partial charge in [0.1, 0.15) is 0 Å². The number of carboxylic acid groups (broad SMARTS) is 1. The summed E-state index contributed by atoms with van der Waals surface area (Å²) in [6, 6.07) is 0. The minimum atomic E-state index is -0.794. The van der Waals surface area contributed by atoms with Gasteiger partial charge in [-0.15, -0.1) is 0 Å². The molecular weight excluding hydrogens is 180 g/mol. The van der Waals surface area contributed by atoms with Gasteiger partial charge >= 0.3 is 5.97 Å². The third-order valence-corrected chi connectivity index (χ3v) is 2.96. The summed E-state index contributed by atoms with van der Waals surface area (Å²) in [5.41, 5.74) is -0.942. The van der Waals surface area contributed by atoms with E-state index in [1.807, 2.05) is 27.7 Å². The Balaban J connectivity index is 4.21. The molecule has 1 unspecified atom stereocenters. The van der Waals surface area contributed by atoms with Crippen LogP contribution in [0.4, 0.5) is 0 Å². The van der Waals surface area contributed by atoms with E-state index in [1.54, 1.807) is 0 Å². The predicted octanol–water partition coefficient (Wildman–Crippen LogP) is 2.43. The fraction of sp³-hybridized carbons (Fsp3) is 0.909. The quantitative estimate of drug-likeness (QED) is 0.720. The zero-order chi connectivity index (χ0) is 11.4. The highest BCUT2D eigenvalue weighted by atomic mass is 16.4. The highest BCUT2D eigenvalue weighted by Gasteiger charge is 2.37. The lowest BCUT2D eigenvalue weighted by Crippen LogP contribution is -2.42. The number of hydrogen-bond acceptors (Lipinski definition) is 2. The molecule has 2 N–H and O–H groups in total. The second-order valence-corrected chi connectivity index (χ2v) is 4.88. The van der Waals surface area contributed by atoms with Crippen LogP contribution in [0.1, 0.15) is 53.4 Å². The SMILES string of the molecule is CCC(O)(CCCC(=O)O)C(C)(C)C. The van der Waals surface area contributed by atoms with Crippen molar-refractivity contribution in [1.29, 1.82) is 0 Å². The van der Waals surface area contributed by atoms with Crippen molar-refractivity contribution in [2.75, 3.05) is 0 Å². The number of carbonyl (C=O) groups is 1. The minimum Gasteiger partial charge on any atom is -0.481 e. The summed E-state index contributed by atoms with van der Waals surface area (Å²) < 4.78 is 0. The van der Waals surface area contributed by atoms with Crippen molar-refractivity contribution >= 4 is 5.97 Å². The van der Waals surface area contributed by atoms with E-state index in [9.17, 15) is 9.90 Å². The summed E-state index contributed by atoms with van der Waals surface area (Å²) in [5.74, 6) is -0.794. The first kappa shape index (κ1) is 13.4. The van der Waals surface area contributed by atoms with Gasteiger partial charge in [0.25, 0.3) is 0 Å². The van der Waals surface area contributed by atoms with Crippen LogP contribution in [0.2, 0.25) is 0 Å². The fourth-order valence-electron chi connectivity index (χ4n) is 1.61. The van der Waals surface area contributed by atoms with Crippen LogP contribution in [0.5, 0.6) is 0 Å². The number of aliphatic hydroxyl groups is 1. The molecule has 3 nitrogen and oxygen atoms in total. The van der Waals surface area contributed by atoms with Gasteiger partial charge in [0.15, 0.2) is 0 Å². The van der Waals surface area contributed by atoms with Gasteiger partial charge in [-0.3, -0.25) is 4.79 Å². The Morgan fingerprint density at radius 3 is 2.07 bits per heavy atom. The summed E-state index contributed by atoms with van der Waals surface area (Å²) in [5, 5.41) is 18.8. The van der Waals surface area contributed by atoms with Crippen LogP contribution in [0.25, 0.3) is 0 Å². The lowest BCUT2D eigenvalue weighted by atomic mass is 9.72. The number of rotatable bonds is 5. The Morgan fingerprint density at radius 2 is 1.79 bits per heavy atom. The summed E-state index contributed by atoms with van der Waals surface area (Å²) in [6.45, 7) is 7.89. The lowest BCUT2D eigenvalue weighted by molar-refractivity contribution is -0.137. The molecule has 0 amide bonds. The van der Waals surface area contributed by atoms with Gasteiger partial charge in [-0.2, -0.15) is 0 Å². The molecule has 0 radical (unpaired) electrons. The minimum absolute atomic E-state index is 0.137. The molecule has 0 aromatic heterocycles. The van der Waals surface area contributed by atoms with Crippen LogP contribution < -0.4 is 0 Å². The second kappa shape index (κ2) is 4.78. The van der Waals surface area contributed by atoms with E-state index < -0.39 is 11.6 Å². The van der Waals surface area contributed by atoms with Crippen molar-refractivity contribution in [3.05, 3.63) is 0 Å². The molecule has 0 aliphatic carbocycles. The van der Waals surface area contributed by atoms with Gasteiger partial charge in [-0.25, -0.2) is 0 Å². The molecular formula is C11H22O3. The Hall–Kier alpha value is -0.570. The molecule has 0 fully saturated rings. The molecule has 1 atom stereocenters. The molecule has 84 valence electrons. The highest BCUT2D eigenvalue weighted by molar-refractivity contribution is 5.66. The predicted molar refractivity (Wildman–Crippen MR) is 56.2 cm³/mol. The molecule has 0 aliphatic heterocycles. The maximum Gasteiger partial charge on any atom is 0.303 e. The summed E-state index contributed by atoms with van der Waals surface area (Å²) in [4.78, 5) is 10.3. The molecule has 0 aromatic rings. The van der Waals surface area contributed by atoms with Crippen molar-refractivity contribution < 1.29 is 15.0 Å². The molecule has 0 aliphatic rings. The number of carboxylic acids is 1. The van der Waals surface area contributed by atoms with Crippen LogP contribution >= 0.6 is 0 Å². The molecule has 3 heteroatoms. The van der Waals surface area contributed by atoms with E-state index in [1.165, 1.54) is 0 Å². The van der Waals surface area contributed by atoms with Crippen LogP contribution in [-0.4, -0.2) is 21.8 Å². The van der Waals surface area contributed by atoms with E-state index in [-0.39, 0.29) is 11.8 Å². The Morgan fingerprint density at radius 1 is 1.29 bits per heavy atom. The van der Waals surface area contributed by atoms with Crippen molar-refractivity contribution in [1.82, 2.24) is 0 Å². The molecule has 0 aromatic carbocycles. The smallest absolute Gasteiger partial charge is 0.303 e. The van der Waals surface area contributed by atoms with Gasteiger partial charge < -0.3 is 10.2 Å². The van der Waals surface area contributed by atoms with Crippen molar-refractivity contribution in [2.45, 2.75) is 59.0 Å². The standard InChI is InChI=1S/C11H22O3/c1-5-11(14,10(2,3)4)8-6-7-9(12)13/h14H,5-8H2,1-4H3,(H,12,13). The zero-order valence-electron chi connectivity index (χ0n) is 9.63. The van der Waals surface area contributed by atoms with Crippen LogP contribution in [-0.2, 0) is 4.79 Å². The van der Waals surface area contributed by atoms with Crippen LogP contribution in [0.3, 0.4) is 0 Å². The Bertz CT molecular complexity index is 193. The Labute approximate surface area is 86.1 Å². The topological polar surface area (TPSA) is 57.5 Å². The number of aliphatic carboxylic acids is 1. The van der Waals surface area contributed by atoms with E-state index in [2.05, 4.69) is 0 Å². The lowest BCUT2D eigenvalue weighted by Gasteiger charge is -2.39. The first-order chi connectivity index (χ1) is 6.23. The maximum atomic E-state index is 10.3.